The van der Waals surface area contributed by atoms with Gasteiger partial charge < -0.3 is 19.6 Å². The molecule has 7 nitrogen and oxygen atoms in total. The second-order valence-electron chi connectivity index (χ2n) is 7.17. The highest BCUT2D eigenvalue weighted by Gasteiger charge is 2.13. The van der Waals surface area contributed by atoms with Crippen LogP contribution >= 0.6 is 0 Å². The Morgan fingerprint density at radius 2 is 1.90 bits per heavy atom. The van der Waals surface area contributed by atoms with Crippen LogP contribution in [0.15, 0.2) is 53.1 Å². The Kier molecular flexibility index (Phi) is 6.51. The summed E-state index contributed by atoms with van der Waals surface area (Å²) in [7, 11) is 1.25. The van der Waals surface area contributed by atoms with Crippen LogP contribution in [0, 0.1) is 0 Å². The van der Waals surface area contributed by atoms with Gasteiger partial charge in [-0.25, -0.2) is 9.78 Å². The van der Waals surface area contributed by atoms with Crippen LogP contribution in [-0.2, 0) is 16.0 Å². The summed E-state index contributed by atoms with van der Waals surface area (Å²) in [6.45, 7) is 4.28. The Hall–Kier alpha value is -3.61. The zero-order valence-corrected chi connectivity index (χ0v) is 17.1. The number of oxazole rings is 1. The average molecular weight is 408 g/mol. The van der Waals surface area contributed by atoms with Gasteiger partial charge in [-0.15, -0.1) is 0 Å². The average Bonchev–Trinajstić information content (AvgIpc) is 3.22. The first-order valence-electron chi connectivity index (χ1n) is 9.63. The molecule has 7 heteroatoms. The number of hydrogen-bond acceptors (Lipinski definition) is 6. The standard InChI is InChI=1S/C23H24N2O5/c1-14(2)15-4-6-16(7-5-15)20-13-24-22(30-20)11-10-21(27)25-18-9-8-17(12-19(18)26)23(28)29-3/h4-9,12-14,26H,10-11H2,1-3H3,(H,25,27). The number of methoxy groups -OCH3 is 1. The molecule has 0 saturated carbocycles. The second kappa shape index (κ2) is 9.26. The third kappa shape index (κ3) is 5.05. The molecule has 3 aromatic rings. The molecule has 0 atom stereocenters. The molecule has 0 spiro atoms. The number of esters is 1. The minimum atomic E-state index is -0.568. The van der Waals surface area contributed by atoms with Gasteiger partial charge in [-0.2, -0.15) is 0 Å². The van der Waals surface area contributed by atoms with Crippen LogP contribution in [0.3, 0.4) is 0 Å². The second-order valence-corrected chi connectivity index (χ2v) is 7.17. The van der Waals surface area contributed by atoms with Crippen LogP contribution in [0.2, 0.25) is 0 Å². The highest BCUT2D eigenvalue weighted by atomic mass is 16.5. The van der Waals surface area contributed by atoms with E-state index >= 15 is 0 Å². The number of amides is 1. The Bertz CT molecular complexity index is 1040. The molecule has 0 fully saturated rings. The number of nitrogens with one attached hydrogen (secondary N) is 1. The summed E-state index contributed by atoms with van der Waals surface area (Å²) in [5.41, 5.74) is 2.59. The summed E-state index contributed by atoms with van der Waals surface area (Å²) in [4.78, 5) is 27.9. The van der Waals surface area contributed by atoms with Gasteiger partial charge in [0, 0.05) is 18.4 Å². The summed E-state index contributed by atoms with van der Waals surface area (Å²) >= 11 is 0. The highest BCUT2D eigenvalue weighted by Crippen LogP contribution is 2.26. The zero-order valence-electron chi connectivity index (χ0n) is 17.1. The van der Waals surface area contributed by atoms with Crippen molar-refractivity contribution in [1.29, 1.82) is 0 Å². The lowest BCUT2D eigenvalue weighted by Crippen LogP contribution is -2.13. The van der Waals surface area contributed by atoms with Gasteiger partial charge in [0.05, 0.1) is 24.6 Å². The first kappa shape index (κ1) is 21.1. The van der Waals surface area contributed by atoms with Gasteiger partial charge in [-0.05, 0) is 29.7 Å². The molecule has 0 radical (unpaired) electrons. The summed E-state index contributed by atoms with van der Waals surface area (Å²) in [5, 5.41) is 12.6. The molecule has 2 N–H and O–H groups in total. The predicted octanol–water partition coefficient (Wildman–Crippen LogP) is 4.53. The van der Waals surface area contributed by atoms with E-state index in [2.05, 4.69) is 41.0 Å². The van der Waals surface area contributed by atoms with Crippen LogP contribution < -0.4 is 5.32 Å². The number of ether oxygens (including phenoxy) is 1. The van der Waals surface area contributed by atoms with Crippen molar-refractivity contribution in [3.63, 3.8) is 0 Å². The lowest BCUT2D eigenvalue weighted by molar-refractivity contribution is -0.116. The molecule has 0 unspecified atom stereocenters. The maximum Gasteiger partial charge on any atom is 0.337 e. The first-order chi connectivity index (χ1) is 14.4. The fraction of sp³-hybridized carbons (Fsp3) is 0.261. The number of nitrogens with zero attached hydrogens (tertiary/aromatic N) is 1. The van der Waals surface area contributed by atoms with Crippen molar-refractivity contribution in [2.75, 3.05) is 12.4 Å². The van der Waals surface area contributed by atoms with E-state index in [9.17, 15) is 14.7 Å². The monoisotopic (exact) mass is 408 g/mol. The molecule has 156 valence electrons. The summed E-state index contributed by atoms with van der Waals surface area (Å²) in [6, 6.07) is 12.3. The van der Waals surface area contributed by atoms with E-state index in [-0.39, 0.29) is 29.3 Å². The normalized spacial score (nSPS) is 10.8. The minimum absolute atomic E-state index is 0.129. The lowest BCUT2D eigenvalue weighted by atomic mass is 10.0. The van der Waals surface area contributed by atoms with E-state index in [1.807, 2.05) is 12.1 Å². The molecular formula is C23H24N2O5. The SMILES string of the molecule is COC(=O)c1ccc(NC(=O)CCc2ncc(-c3ccc(C(C)C)cc3)o2)c(O)c1. The predicted molar refractivity (Wildman–Crippen MR) is 112 cm³/mol. The fourth-order valence-corrected chi connectivity index (χ4v) is 2.91. The van der Waals surface area contributed by atoms with Crippen LogP contribution in [0.25, 0.3) is 11.3 Å². The number of phenolic OH excluding ortho intramolecular Hbond substituents is 1. The van der Waals surface area contributed by atoms with Gasteiger partial charge in [0.25, 0.3) is 0 Å². The Morgan fingerprint density at radius 3 is 2.53 bits per heavy atom. The van der Waals surface area contributed by atoms with Crippen molar-refractivity contribution >= 4 is 17.6 Å². The Morgan fingerprint density at radius 1 is 1.17 bits per heavy atom. The third-order valence-corrected chi connectivity index (χ3v) is 4.67. The van der Waals surface area contributed by atoms with E-state index < -0.39 is 5.97 Å². The third-order valence-electron chi connectivity index (χ3n) is 4.67. The van der Waals surface area contributed by atoms with Crippen molar-refractivity contribution in [2.45, 2.75) is 32.6 Å². The Labute approximate surface area is 174 Å². The summed E-state index contributed by atoms with van der Waals surface area (Å²) in [5.74, 6) is 0.474. The lowest BCUT2D eigenvalue weighted by Gasteiger charge is -2.08. The van der Waals surface area contributed by atoms with E-state index in [1.54, 1.807) is 6.20 Å². The van der Waals surface area contributed by atoms with Crippen molar-refractivity contribution in [2.24, 2.45) is 0 Å². The fourth-order valence-electron chi connectivity index (χ4n) is 2.91. The number of carbonyl (C=O) groups excluding carboxylic acids is 2. The molecule has 1 aromatic heterocycles. The molecule has 0 aliphatic carbocycles. The summed E-state index contributed by atoms with van der Waals surface area (Å²) < 4.78 is 10.4. The maximum absolute atomic E-state index is 12.2. The largest absolute Gasteiger partial charge is 0.506 e. The number of aromatic nitrogens is 1. The smallest absolute Gasteiger partial charge is 0.337 e. The van der Waals surface area contributed by atoms with E-state index in [0.29, 0.717) is 24.0 Å². The molecule has 0 bridgehead atoms. The molecule has 0 aliphatic heterocycles. The van der Waals surface area contributed by atoms with E-state index in [4.69, 9.17) is 4.42 Å². The number of hydrogen-bond donors (Lipinski definition) is 2. The van der Waals surface area contributed by atoms with Crippen molar-refractivity contribution < 1.29 is 23.8 Å². The molecular weight excluding hydrogens is 384 g/mol. The molecule has 1 amide bonds. The van der Waals surface area contributed by atoms with Gasteiger partial charge in [0.2, 0.25) is 5.91 Å². The molecule has 2 aromatic carbocycles. The number of carbonyl (C=O) groups is 2. The number of phenols is 1. The van der Waals surface area contributed by atoms with Gasteiger partial charge >= 0.3 is 5.97 Å². The van der Waals surface area contributed by atoms with Crippen LogP contribution in [0.5, 0.6) is 5.75 Å². The van der Waals surface area contributed by atoms with Crippen molar-refractivity contribution in [1.82, 2.24) is 4.98 Å². The topological polar surface area (TPSA) is 102 Å². The van der Waals surface area contributed by atoms with Crippen LogP contribution in [-0.4, -0.2) is 29.1 Å². The molecule has 3 rings (SSSR count). The van der Waals surface area contributed by atoms with Crippen LogP contribution in [0.1, 0.15) is 48.0 Å². The van der Waals surface area contributed by atoms with E-state index in [1.165, 1.54) is 30.9 Å². The number of rotatable bonds is 7. The molecule has 0 saturated heterocycles. The van der Waals surface area contributed by atoms with E-state index in [0.717, 1.165) is 5.56 Å². The number of aromatic hydroxyl groups is 1. The van der Waals surface area contributed by atoms with Gasteiger partial charge in [-0.1, -0.05) is 38.1 Å². The summed E-state index contributed by atoms with van der Waals surface area (Å²) in [6.07, 6.45) is 2.09. The molecule has 1 heterocycles. The molecule has 0 aliphatic rings. The van der Waals surface area contributed by atoms with Gasteiger partial charge in [-0.3, -0.25) is 4.79 Å². The van der Waals surface area contributed by atoms with Crippen molar-refractivity contribution in [3.05, 3.63) is 65.7 Å². The quantitative estimate of drug-likeness (QED) is 0.440. The maximum atomic E-state index is 12.2. The molecule has 30 heavy (non-hydrogen) atoms. The Balaban J connectivity index is 1.57. The number of aryl methyl sites for hydroxylation is 1. The first-order valence-corrected chi connectivity index (χ1v) is 9.63. The zero-order chi connectivity index (χ0) is 21.7. The number of anilines is 1. The highest BCUT2D eigenvalue weighted by molar-refractivity contribution is 5.95. The van der Waals surface area contributed by atoms with Crippen LogP contribution in [0.4, 0.5) is 5.69 Å². The van der Waals surface area contributed by atoms with Gasteiger partial charge in [0.1, 0.15) is 5.75 Å². The number of benzene rings is 2. The van der Waals surface area contributed by atoms with Crippen molar-refractivity contribution in [3.8, 4) is 17.1 Å². The minimum Gasteiger partial charge on any atom is -0.506 e. The van der Waals surface area contributed by atoms with Gasteiger partial charge in [0.15, 0.2) is 11.7 Å².